The van der Waals surface area contributed by atoms with E-state index < -0.39 is 33.0 Å². The topological polar surface area (TPSA) is 91.9 Å². The number of hydrogen-bond donors (Lipinski definition) is 2. The fourth-order valence-corrected chi connectivity index (χ4v) is 5.41. The van der Waals surface area contributed by atoms with Crippen molar-refractivity contribution in [1.82, 2.24) is 9.97 Å². The predicted octanol–water partition coefficient (Wildman–Crippen LogP) is 4.61. The van der Waals surface area contributed by atoms with Crippen LogP contribution in [0.25, 0.3) is 11.0 Å². The van der Waals surface area contributed by atoms with E-state index in [9.17, 15) is 22.0 Å². The Morgan fingerprint density at radius 2 is 2.03 bits per heavy atom. The van der Waals surface area contributed by atoms with Crippen LogP contribution in [0.4, 0.5) is 14.5 Å². The lowest BCUT2D eigenvalue weighted by Gasteiger charge is -2.25. The smallest absolute Gasteiger partial charge is 0.235 e. The van der Waals surface area contributed by atoms with Gasteiger partial charge in [-0.15, -0.1) is 0 Å². The number of carbonyl (C=O) groups excluding carboxylic acids is 1. The minimum atomic E-state index is -3.88. The second-order valence-electron chi connectivity index (χ2n) is 7.31. The van der Waals surface area contributed by atoms with Gasteiger partial charge in [-0.3, -0.25) is 9.52 Å². The summed E-state index contributed by atoms with van der Waals surface area (Å²) < 4.78 is 55.7. The fraction of sp³-hybridized carbons (Fsp3) is 0.300. The van der Waals surface area contributed by atoms with Crippen LogP contribution in [-0.2, 0) is 10.0 Å². The van der Waals surface area contributed by atoms with E-state index in [-0.39, 0.29) is 23.2 Å². The first-order chi connectivity index (χ1) is 14.2. The highest BCUT2D eigenvalue weighted by Crippen LogP contribution is 2.29. The van der Waals surface area contributed by atoms with Crippen molar-refractivity contribution >= 4 is 44.1 Å². The maximum atomic E-state index is 14.4. The van der Waals surface area contributed by atoms with Gasteiger partial charge >= 0.3 is 0 Å². The van der Waals surface area contributed by atoms with Crippen LogP contribution >= 0.6 is 11.6 Å². The zero-order chi connectivity index (χ0) is 21.5. The molecule has 6 nitrogen and oxygen atoms in total. The van der Waals surface area contributed by atoms with Crippen LogP contribution in [0, 0.1) is 5.82 Å². The number of aromatic nitrogens is 2. The van der Waals surface area contributed by atoms with Crippen LogP contribution < -0.4 is 4.72 Å². The van der Waals surface area contributed by atoms with Crippen LogP contribution in [0.3, 0.4) is 0 Å². The molecule has 1 saturated carbocycles. The summed E-state index contributed by atoms with van der Waals surface area (Å²) in [4.78, 5) is 19.9. The van der Waals surface area contributed by atoms with Gasteiger partial charge in [0.05, 0.1) is 15.8 Å². The number of benzene rings is 1. The maximum Gasteiger partial charge on any atom is 0.235 e. The van der Waals surface area contributed by atoms with Crippen LogP contribution in [-0.4, -0.2) is 35.6 Å². The number of halogens is 3. The first-order valence-electron chi connectivity index (χ1n) is 9.37. The van der Waals surface area contributed by atoms with Crippen molar-refractivity contribution < 1.29 is 22.0 Å². The summed E-state index contributed by atoms with van der Waals surface area (Å²) in [6.45, 7) is 0. The summed E-state index contributed by atoms with van der Waals surface area (Å²) in [5, 5.41) is -0.127. The maximum absolute atomic E-state index is 14.4. The highest BCUT2D eigenvalue weighted by Gasteiger charge is 2.32. The van der Waals surface area contributed by atoms with E-state index in [0.29, 0.717) is 35.3 Å². The molecule has 1 aliphatic rings. The third-order valence-electron chi connectivity index (χ3n) is 5.21. The van der Waals surface area contributed by atoms with Crippen LogP contribution in [0.2, 0.25) is 5.02 Å². The molecule has 1 aromatic carbocycles. The van der Waals surface area contributed by atoms with E-state index in [4.69, 9.17) is 11.6 Å². The third-order valence-corrected chi connectivity index (χ3v) is 7.25. The van der Waals surface area contributed by atoms with Crippen LogP contribution in [0.15, 0.2) is 36.7 Å². The molecule has 10 heteroatoms. The quantitative estimate of drug-likeness (QED) is 0.552. The van der Waals surface area contributed by atoms with E-state index in [1.807, 2.05) is 0 Å². The summed E-state index contributed by atoms with van der Waals surface area (Å²) >= 11 is 5.95. The Bertz CT molecular complexity index is 1230. The van der Waals surface area contributed by atoms with Crippen molar-refractivity contribution in [1.29, 1.82) is 0 Å². The number of nitrogens with one attached hydrogen (secondary N) is 2. The SMILES string of the molecule is O=C(c1cc(NS(=O)(=O)C2CCCC(F)C2)ccc1F)c1c[nH]c2ncc(Cl)cc12. The van der Waals surface area contributed by atoms with Gasteiger partial charge in [-0.1, -0.05) is 11.6 Å². The molecular formula is C20H18ClF2N3O3S. The van der Waals surface area contributed by atoms with Crippen molar-refractivity contribution in [3.63, 3.8) is 0 Å². The number of rotatable bonds is 5. The standard InChI is InChI=1S/C20H18ClF2N3O3S/c21-11-6-15-17(10-25-20(15)24-9-11)19(27)16-8-13(4-5-18(16)23)26-30(28,29)14-3-1-2-12(22)7-14/h4-6,8-10,12,14,26H,1-3,7H2,(H,24,25). The molecule has 0 aliphatic heterocycles. The van der Waals surface area contributed by atoms with E-state index in [1.54, 1.807) is 0 Å². The number of aromatic amines is 1. The van der Waals surface area contributed by atoms with Crippen molar-refractivity contribution in [2.24, 2.45) is 0 Å². The largest absolute Gasteiger partial charge is 0.345 e. The molecule has 1 aliphatic carbocycles. The van der Waals surface area contributed by atoms with E-state index in [1.165, 1.54) is 24.5 Å². The molecule has 2 unspecified atom stereocenters. The second-order valence-corrected chi connectivity index (χ2v) is 9.71. The zero-order valence-corrected chi connectivity index (χ0v) is 17.2. The Morgan fingerprint density at radius 3 is 2.80 bits per heavy atom. The lowest BCUT2D eigenvalue weighted by Crippen LogP contribution is -2.33. The van der Waals surface area contributed by atoms with E-state index >= 15 is 0 Å². The molecule has 1 fully saturated rings. The Morgan fingerprint density at radius 1 is 1.23 bits per heavy atom. The van der Waals surface area contributed by atoms with Gasteiger partial charge in [0.25, 0.3) is 0 Å². The molecule has 2 heterocycles. The second kappa shape index (κ2) is 7.96. The number of H-pyrrole nitrogens is 1. The van der Waals surface area contributed by atoms with E-state index in [2.05, 4.69) is 14.7 Å². The average Bonchev–Trinajstić information content (AvgIpc) is 3.12. The predicted molar refractivity (Wildman–Crippen MR) is 111 cm³/mol. The number of ketones is 1. The molecule has 30 heavy (non-hydrogen) atoms. The normalized spacial score (nSPS) is 19.7. The lowest BCUT2D eigenvalue weighted by atomic mass is 9.98. The van der Waals surface area contributed by atoms with Gasteiger partial charge in [-0.2, -0.15) is 0 Å². The molecule has 0 saturated heterocycles. The molecule has 158 valence electrons. The molecule has 2 aromatic heterocycles. The van der Waals surface area contributed by atoms with E-state index in [0.717, 1.165) is 12.1 Å². The van der Waals surface area contributed by atoms with Gasteiger partial charge in [0.15, 0.2) is 5.78 Å². The van der Waals surface area contributed by atoms with Gasteiger partial charge in [-0.05, 0) is 49.9 Å². The summed E-state index contributed by atoms with van der Waals surface area (Å²) in [6.07, 6.45) is 2.76. The van der Waals surface area contributed by atoms with Crippen molar-refractivity contribution in [2.75, 3.05) is 4.72 Å². The van der Waals surface area contributed by atoms with Crippen LogP contribution in [0.5, 0.6) is 0 Å². The zero-order valence-electron chi connectivity index (χ0n) is 15.7. The summed E-state index contributed by atoms with van der Waals surface area (Å²) in [6, 6.07) is 4.92. The molecule has 0 amide bonds. The Hall–Kier alpha value is -2.52. The number of sulfonamides is 1. The molecule has 4 rings (SSSR count). The first-order valence-corrected chi connectivity index (χ1v) is 11.3. The number of hydrogen-bond acceptors (Lipinski definition) is 4. The number of pyridine rings is 1. The van der Waals surface area contributed by atoms with Crippen LogP contribution in [0.1, 0.15) is 41.6 Å². The molecular weight excluding hydrogens is 436 g/mol. The highest BCUT2D eigenvalue weighted by atomic mass is 35.5. The number of anilines is 1. The molecule has 0 spiro atoms. The molecule has 2 N–H and O–H groups in total. The monoisotopic (exact) mass is 453 g/mol. The van der Waals surface area contributed by atoms with Crippen molar-refractivity contribution in [3.05, 3.63) is 58.6 Å². The van der Waals surface area contributed by atoms with Gasteiger partial charge < -0.3 is 4.98 Å². The number of carbonyl (C=O) groups is 1. The average molecular weight is 454 g/mol. The summed E-state index contributed by atoms with van der Waals surface area (Å²) in [7, 11) is -3.88. The third kappa shape index (κ3) is 4.04. The first kappa shape index (κ1) is 20.7. The molecule has 3 aromatic rings. The van der Waals surface area contributed by atoms with Crippen molar-refractivity contribution in [3.8, 4) is 0 Å². The Labute approximate surface area is 176 Å². The lowest BCUT2D eigenvalue weighted by molar-refractivity contribution is 0.103. The Kier molecular flexibility index (Phi) is 5.50. The summed E-state index contributed by atoms with van der Waals surface area (Å²) in [5.41, 5.74) is 0.310. The fourth-order valence-electron chi connectivity index (χ4n) is 3.69. The number of alkyl halides is 1. The van der Waals surface area contributed by atoms with Gasteiger partial charge in [-0.25, -0.2) is 22.2 Å². The summed E-state index contributed by atoms with van der Waals surface area (Å²) in [5.74, 6) is -1.45. The minimum Gasteiger partial charge on any atom is -0.345 e. The molecule has 2 atom stereocenters. The van der Waals surface area contributed by atoms with Gasteiger partial charge in [0.2, 0.25) is 10.0 Å². The van der Waals surface area contributed by atoms with Crippen molar-refractivity contribution in [2.45, 2.75) is 37.1 Å². The number of fused-ring (bicyclic) bond motifs is 1. The molecule has 0 bridgehead atoms. The van der Waals surface area contributed by atoms with Gasteiger partial charge in [0.1, 0.15) is 17.6 Å². The Balaban J connectivity index is 1.64. The number of nitrogens with zero attached hydrogens (tertiary/aromatic N) is 1. The van der Waals surface area contributed by atoms with Gasteiger partial charge in [0, 0.05) is 29.0 Å². The molecule has 0 radical (unpaired) electrons. The minimum absolute atomic E-state index is 0.0386. The highest BCUT2D eigenvalue weighted by molar-refractivity contribution is 7.93.